The molecule has 4 nitrogen and oxygen atoms in total. The highest BCUT2D eigenvalue weighted by Crippen LogP contribution is 2.18. The number of urea groups is 1. The maximum atomic E-state index is 11.1. The van der Waals surface area contributed by atoms with Crippen molar-refractivity contribution < 1.29 is 4.79 Å². The van der Waals surface area contributed by atoms with E-state index in [1.165, 1.54) is 0 Å². The largest absolute Gasteiger partial charge is 0.331 e. The van der Waals surface area contributed by atoms with Crippen LogP contribution in [0.4, 0.5) is 4.79 Å². The molecule has 1 saturated heterocycles. The van der Waals surface area contributed by atoms with Crippen LogP contribution in [0, 0.1) is 0 Å². The summed E-state index contributed by atoms with van der Waals surface area (Å²) in [7, 11) is 0. The van der Waals surface area contributed by atoms with Gasteiger partial charge in [-0.1, -0.05) is 6.92 Å². The number of hydrazine groups is 1. The van der Waals surface area contributed by atoms with E-state index in [2.05, 4.69) is 12.3 Å². The number of rotatable bonds is 1. The second-order valence-corrected chi connectivity index (χ2v) is 2.85. The number of nitrogens with one attached hydrogen (secondary N) is 1. The van der Waals surface area contributed by atoms with Crippen LogP contribution in [0.2, 0.25) is 0 Å². The van der Waals surface area contributed by atoms with E-state index in [0.29, 0.717) is 6.04 Å². The molecule has 1 atom stereocenters. The molecule has 0 aromatic heterocycles. The van der Waals surface area contributed by atoms with Crippen LogP contribution in [0.3, 0.4) is 0 Å². The summed E-state index contributed by atoms with van der Waals surface area (Å²) in [6.07, 6.45) is 3.24. The first-order valence-corrected chi connectivity index (χ1v) is 4.06. The molecule has 1 rings (SSSR count). The van der Waals surface area contributed by atoms with Crippen LogP contribution in [-0.2, 0) is 0 Å². The highest BCUT2D eigenvalue weighted by atomic mass is 16.2. The van der Waals surface area contributed by atoms with Gasteiger partial charge < -0.3 is 4.90 Å². The molecule has 4 heteroatoms. The molecule has 2 amide bonds. The van der Waals surface area contributed by atoms with E-state index in [9.17, 15) is 4.79 Å². The number of carbonyl (C=O) groups is 1. The second-order valence-electron chi connectivity index (χ2n) is 2.85. The lowest BCUT2D eigenvalue weighted by Crippen LogP contribution is -2.45. The van der Waals surface area contributed by atoms with Crippen molar-refractivity contribution in [3.8, 4) is 0 Å². The zero-order chi connectivity index (χ0) is 8.27. The molecule has 0 radical (unpaired) electrons. The van der Waals surface area contributed by atoms with Crippen molar-refractivity contribution in [2.24, 2.45) is 5.84 Å². The van der Waals surface area contributed by atoms with Crippen molar-refractivity contribution in [1.29, 1.82) is 0 Å². The van der Waals surface area contributed by atoms with Crippen LogP contribution < -0.4 is 11.3 Å². The first-order valence-electron chi connectivity index (χ1n) is 4.06. The van der Waals surface area contributed by atoms with Gasteiger partial charge in [-0.25, -0.2) is 10.6 Å². The fraction of sp³-hybridized carbons (Fsp3) is 0.857. The minimum Gasteiger partial charge on any atom is -0.321 e. The lowest BCUT2D eigenvalue weighted by atomic mass is 10.2. The Morgan fingerprint density at radius 1 is 1.82 bits per heavy atom. The molecule has 0 saturated carbocycles. The third-order valence-electron chi connectivity index (χ3n) is 2.23. The predicted molar refractivity (Wildman–Crippen MR) is 42.7 cm³/mol. The molecule has 1 unspecified atom stereocenters. The quantitative estimate of drug-likeness (QED) is 0.330. The zero-order valence-electron chi connectivity index (χ0n) is 6.84. The van der Waals surface area contributed by atoms with Gasteiger partial charge in [-0.05, 0) is 19.3 Å². The molecule has 0 spiro atoms. The molecule has 0 bridgehead atoms. The SMILES string of the molecule is CCC1CCCN1C(=O)NN. The lowest BCUT2D eigenvalue weighted by Gasteiger charge is -2.22. The molecule has 64 valence electrons. The second kappa shape index (κ2) is 3.57. The normalized spacial score (nSPS) is 23.8. The standard InChI is InChI=1S/C7H15N3O/c1-2-6-4-3-5-10(6)7(11)9-8/h6H,2-5,8H2,1H3,(H,9,11). The summed E-state index contributed by atoms with van der Waals surface area (Å²) in [5.41, 5.74) is 2.16. The number of carbonyl (C=O) groups excluding carboxylic acids is 1. The molecule has 3 N–H and O–H groups in total. The third kappa shape index (κ3) is 1.63. The minimum atomic E-state index is -0.144. The van der Waals surface area contributed by atoms with Crippen LogP contribution in [-0.4, -0.2) is 23.5 Å². The molecule has 1 aliphatic rings. The number of hydrogen-bond donors (Lipinski definition) is 2. The first kappa shape index (κ1) is 8.33. The molecule has 1 heterocycles. The fourth-order valence-electron chi connectivity index (χ4n) is 1.61. The fourth-order valence-corrected chi connectivity index (χ4v) is 1.61. The van der Waals surface area contributed by atoms with Gasteiger partial charge in [0, 0.05) is 12.6 Å². The maximum absolute atomic E-state index is 11.1. The van der Waals surface area contributed by atoms with E-state index in [1.807, 2.05) is 0 Å². The Morgan fingerprint density at radius 2 is 2.55 bits per heavy atom. The number of hydrogen-bond acceptors (Lipinski definition) is 2. The van der Waals surface area contributed by atoms with Crippen molar-refractivity contribution in [2.75, 3.05) is 6.54 Å². The Labute approximate surface area is 66.7 Å². The third-order valence-corrected chi connectivity index (χ3v) is 2.23. The van der Waals surface area contributed by atoms with Crippen LogP contribution in [0.15, 0.2) is 0 Å². The Morgan fingerprint density at radius 3 is 3.09 bits per heavy atom. The van der Waals surface area contributed by atoms with Crippen molar-refractivity contribution in [2.45, 2.75) is 32.2 Å². The highest BCUT2D eigenvalue weighted by molar-refractivity contribution is 5.74. The Bertz CT molecular complexity index is 149. The summed E-state index contributed by atoms with van der Waals surface area (Å²) in [6.45, 7) is 2.94. The molecular weight excluding hydrogens is 142 g/mol. The topological polar surface area (TPSA) is 58.4 Å². The summed E-state index contributed by atoms with van der Waals surface area (Å²) in [5.74, 6) is 5.03. The summed E-state index contributed by atoms with van der Waals surface area (Å²) in [5, 5.41) is 0. The van der Waals surface area contributed by atoms with Crippen molar-refractivity contribution in [3.63, 3.8) is 0 Å². The molecule has 1 aliphatic heterocycles. The Balaban J connectivity index is 2.49. The smallest absolute Gasteiger partial charge is 0.321 e. The summed E-state index contributed by atoms with van der Waals surface area (Å²) in [4.78, 5) is 12.9. The molecule has 0 aromatic carbocycles. The first-order chi connectivity index (χ1) is 5.29. The van der Waals surface area contributed by atoms with Gasteiger partial charge in [0.05, 0.1) is 0 Å². The van der Waals surface area contributed by atoms with E-state index in [-0.39, 0.29) is 6.03 Å². The van der Waals surface area contributed by atoms with E-state index >= 15 is 0 Å². The van der Waals surface area contributed by atoms with Crippen molar-refractivity contribution >= 4 is 6.03 Å². The van der Waals surface area contributed by atoms with Crippen LogP contribution in [0.1, 0.15) is 26.2 Å². The van der Waals surface area contributed by atoms with Gasteiger partial charge in [0.25, 0.3) is 0 Å². The molecular formula is C7H15N3O. The minimum absolute atomic E-state index is 0.144. The molecule has 0 aromatic rings. The Kier molecular flexibility index (Phi) is 2.70. The maximum Gasteiger partial charge on any atom is 0.331 e. The predicted octanol–water partition coefficient (Wildman–Crippen LogP) is 0.444. The van der Waals surface area contributed by atoms with Crippen molar-refractivity contribution in [1.82, 2.24) is 10.3 Å². The van der Waals surface area contributed by atoms with Gasteiger partial charge in [0.1, 0.15) is 0 Å². The van der Waals surface area contributed by atoms with Gasteiger partial charge in [0.2, 0.25) is 0 Å². The van der Waals surface area contributed by atoms with Gasteiger partial charge >= 0.3 is 6.03 Å². The van der Waals surface area contributed by atoms with E-state index in [4.69, 9.17) is 5.84 Å². The average molecular weight is 157 g/mol. The number of nitrogens with two attached hydrogens (primary N) is 1. The highest BCUT2D eigenvalue weighted by Gasteiger charge is 2.26. The molecule has 11 heavy (non-hydrogen) atoms. The summed E-state index contributed by atoms with van der Waals surface area (Å²) >= 11 is 0. The summed E-state index contributed by atoms with van der Waals surface area (Å²) < 4.78 is 0. The van der Waals surface area contributed by atoms with Crippen LogP contribution in [0.25, 0.3) is 0 Å². The number of likely N-dealkylation sites (tertiary alicyclic amines) is 1. The van der Waals surface area contributed by atoms with Gasteiger partial charge in [0.15, 0.2) is 0 Å². The van der Waals surface area contributed by atoms with Gasteiger partial charge in [-0.2, -0.15) is 0 Å². The van der Waals surface area contributed by atoms with E-state index in [0.717, 1.165) is 25.8 Å². The number of nitrogens with zero attached hydrogens (tertiary/aromatic N) is 1. The van der Waals surface area contributed by atoms with E-state index < -0.39 is 0 Å². The number of amides is 2. The average Bonchev–Trinajstić information content (AvgIpc) is 2.50. The summed E-state index contributed by atoms with van der Waals surface area (Å²) in [6, 6.07) is 0.257. The van der Waals surface area contributed by atoms with Crippen LogP contribution in [0.5, 0.6) is 0 Å². The molecule has 0 aliphatic carbocycles. The van der Waals surface area contributed by atoms with Gasteiger partial charge in [-0.15, -0.1) is 0 Å². The van der Waals surface area contributed by atoms with Crippen molar-refractivity contribution in [3.05, 3.63) is 0 Å². The monoisotopic (exact) mass is 157 g/mol. The van der Waals surface area contributed by atoms with Crippen LogP contribution >= 0.6 is 0 Å². The molecule has 1 fully saturated rings. The lowest BCUT2D eigenvalue weighted by molar-refractivity contribution is 0.191. The van der Waals surface area contributed by atoms with E-state index in [1.54, 1.807) is 4.90 Å². The Hall–Kier alpha value is -0.770. The zero-order valence-corrected chi connectivity index (χ0v) is 6.84. The van der Waals surface area contributed by atoms with Gasteiger partial charge in [-0.3, -0.25) is 5.43 Å².